The Balaban J connectivity index is 2.11. The summed E-state index contributed by atoms with van der Waals surface area (Å²) < 4.78 is 0. The summed E-state index contributed by atoms with van der Waals surface area (Å²) >= 11 is 0. The Morgan fingerprint density at radius 3 is 2.80 bits per heavy atom. The van der Waals surface area contributed by atoms with Crippen LogP contribution in [0.15, 0.2) is 28.5 Å². The van der Waals surface area contributed by atoms with Crippen molar-refractivity contribution in [2.24, 2.45) is 11.0 Å². The first-order chi connectivity index (χ1) is 7.18. The molecule has 0 saturated heterocycles. The molecule has 3 nitrogen and oxygen atoms in total. The van der Waals surface area contributed by atoms with Crippen molar-refractivity contribution in [3.05, 3.63) is 23.4 Å². The largest absolute Gasteiger partial charge is 0.379 e. The predicted octanol–water partition coefficient (Wildman–Crippen LogP) is 1.79. The molecule has 0 aromatic heterocycles. The van der Waals surface area contributed by atoms with E-state index >= 15 is 0 Å². The molecule has 0 aromatic rings. The highest BCUT2D eigenvalue weighted by Crippen LogP contribution is 2.22. The maximum atomic E-state index is 4.29. The van der Waals surface area contributed by atoms with Crippen LogP contribution < -0.4 is 10.7 Å². The van der Waals surface area contributed by atoms with Gasteiger partial charge in [-0.25, -0.2) is 0 Å². The molecule has 0 bridgehead atoms. The van der Waals surface area contributed by atoms with Crippen molar-refractivity contribution in [1.82, 2.24) is 10.7 Å². The van der Waals surface area contributed by atoms with Crippen LogP contribution in [0, 0.1) is 5.92 Å². The van der Waals surface area contributed by atoms with Gasteiger partial charge >= 0.3 is 0 Å². The monoisotopic (exact) mass is 205 g/mol. The lowest BCUT2D eigenvalue weighted by Gasteiger charge is -2.23. The van der Waals surface area contributed by atoms with Gasteiger partial charge < -0.3 is 10.7 Å². The van der Waals surface area contributed by atoms with Gasteiger partial charge in [0.05, 0.1) is 11.8 Å². The van der Waals surface area contributed by atoms with Crippen LogP contribution in [-0.2, 0) is 0 Å². The number of hydrogen-bond acceptors (Lipinski definition) is 3. The molecule has 2 aliphatic rings. The molecule has 82 valence electrons. The van der Waals surface area contributed by atoms with Gasteiger partial charge in [0.2, 0.25) is 0 Å². The maximum absolute atomic E-state index is 4.29. The lowest BCUT2D eigenvalue weighted by atomic mass is 9.92. The van der Waals surface area contributed by atoms with Gasteiger partial charge in [-0.15, -0.1) is 0 Å². The Morgan fingerprint density at radius 2 is 2.27 bits per heavy atom. The molecule has 2 rings (SSSR count). The second kappa shape index (κ2) is 4.09. The van der Waals surface area contributed by atoms with Crippen LogP contribution in [0.4, 0.5) is 0 Å². The molecule has 0 aromatic carbocycles. The molecule has 1 atom stereocenters. The summed E-state index contributed by atoms with van der Waals surface area (Å²) in [7, 11) is 0. The van der Waals surface area contributed by atoms with Gasteiger partial charge in [-0.1, -0.05) is 19.9 Å². The zero-order valence-corrected chi connectivity index (χ0v) is 9.67. The van der Waals surface area contributed by atoms with E-state index in [1.165, 1.54) is 16.9 Å². The number of nitrogens with zero attached hydrogens (tertiary/aromatic N) is 1. The third-order valence-corrected chi connectivity index (χ3v) is 2.99. The molecule has 2 aliphatic heterocycles. The van der Waals surface area contributed by atoms with Crippen LogP contribution in [0.2, 0.25) is 0 Å². The Bertz CT molecular complexity index is 337. The van der Waals surface area contributed by atoms with Crippen LogP contribution in [0.1, 0.15) is 27.2 Å². The molecule has 0 amide bonds. The average Bonchev–Trinajstić information content (AvgIpc) is 2.69. The molecular weight excluding hydrogens is 186 g/mol. The molecule has 0 spiro atoms. The van der Waals surface area contributed by atoms with Crippen molar-refractivity contribution in [2.45, 2.75) is 33.2 Å². The highest BCUT2D eigenvalue weighted by molar-refractivity contribution is 5.92. The van der Waals surface area contributed by atoms with Crippen LogP contribution in [0.25, 0.3) is 0 Å². The highest BCUT2D eigenvalue weighted by Gasteiger charge is 2.20. The van der Waals surface area contributed by atoms with Crippen LogP contribution >= 0.6 is 0 Å². The minimum atomic E-state index is 0.294. The molecule has 0 radical (unpaired) electrons. The summed E-state index contributed by atoms with van der Waals surface area (Å²) in [6, 6.07) is 0.294. The quantitative estimate of drug-likeness (QED) is 0.721. The Labute approximate surface area is 91.3 Å². The molecule has 2 heterocycles. The van der Waals surface area contributed by atoms with Crippen molar-refractivity contribution in [2.75, 3.05) is 6.54 Å². The van der Waals surface area contributed by atoms with E-state index in [9.17, 15) is 0 Å². The minimum absolute atomic E-state index is 0.294. The third kappa shape index (κ3) is 2.06. The number of nitrogens with one attached hydrogen (secondary N) is 2. The van der Waals surface area contributed by atoms with Crippen LogP contribution in [0.5, 0.6) is 0 Å². The number of hydrazone groups is 1. The SMILES string of the molecule is CC1=CC(C2=NNCC2)NC=C1C(C)C. The molecule has 1 unspecified atom stereocenters. The second-order valence-corrected chi connectivity index (χ2v) is 4.51. The van der Waals surface area contributed by atoms with E-state index in [2.05, 4.69) is 48.9 Å². The normalized spacial score (nSPS) is 25.3. The number of dihydropyridines is 1. The third-order valence-electron chi connectivity index (χ3n) is 2.99. The van der Waals surface area contributed by atoms with Gasteiger partial charge in [0.25, 0.3) is 0 Å². The Morgan fingerprint density at radius 1 is 1.47 bits per heavy atom. The van der Waals surface area contributed by atoms with E-state index in [0.717, 1.165) is 13.0 Å². The van der Waals surface area contributed by atoms with Crippen LogP contribution in [-0.4, -0.2) is 18.3 Å². The van der Waals surface area contributed by atoms with Crippen molar-refractivity contribution in [3.63, 3.8) is 0 Å². The fourth-order valence-electron chi connectivity index (χ4n) is 2.12. The summed E-state index contributed by atoms with van der Waals surface area (Å²) in [5, 5.41) is 7.71. The zero-order chi connectivity index (χ0) is 10.8. The summed E-state index contributed by atoms with van der Waals surface area (Å²) in [6.07, 6.45) is 5.47. The van der Waals surface area contributed by atoms with Crippen molar-refractivity contribution in [1.29, 1.82) is 0 Å². The molecule has 2 N–H and O–H groups in total. The van der Waals surface area contributed by atoms with Crippen molar-refractivity contribution in [3.8, 4) is 0 Å². The summed E-state index contributed by atoms with van der Waals surface area (Å²) in [5.41, 5.74) is 7.01. The van der Waals surface area contributed by atoms with Crippen molar-refractivity contribution >= 4 is 5.71 Å². The second-order valence-electron chi connectivity index (χ2n) is 4.51. The van der Waals surface area contributed by atoms with Crippen LogP contribution in [0.3, 0.4) is 0 Å². The fourth-order valence-corrected chi connectivity index (χ4v) is 2.12. The molecule has 0 aliphatic carbocycles. The smallest absolute Gasteiger partial charge is 0.0849 e. The molecule has 3 heteroatoms. The lowest BCUT2D eigenvalue weighted by Crippen LogP contribution is -2.34. The minimum Gasteiger partial charge on any atom is -0.379 e. The molecule has 0 fully saturated rings. The molecule has 15 heavy (non-hydrogen) atoms. The fraction of sp³-hybridized carbons (Fsp3) is 0.583. The molecule has 0 saturated carbocycles. The Hall–Kier alpha value is -1.25. The summed E-state index contributed by atoms with van der Waals surface area (Å²) in [6.45, 7) is 7.60. The number of rotatable bonds is 2. The van der Waals surface area contributed by atoms with Gasteiger partial charge in [0.1, 0.15) is 0 Å². The van der Waals surface area contributed by atoms with E-state index in [1.807, 2.05) is 0 Å². The van der Waals surface area contributed by atoms with Gasteiger partial charge in [0, 0.05) is 19.2 Å². The average molecular weight is 205 g/mol. The zero-order valence-electron chi connectivity index (χ0n) is 9.67. The summed E-state index contributed by atoms with van der Waals surface area (Å²) in [4.78, 5) is 0. The van der Waals surface area contributed by atoms with Gasteiger partial charge in [-0.3, -0.25) is 0 Å². The van der Waals surface area contributed by atoms with E-state index < -0.39 is 0 Å². The topological polar surface area (TPSA) is 36.4 Å². The van der Waals surface area contributed by atoms with Crippen molar-refractivity contribution < 1.29 is 0 Å². The predicted molar refractivity (Wildman–Crippen MR) is 63.7 cm³/mol. The highest BCUT2D eigenvalue weighted by atomic mass is 15.3. The van der Waals surface area contributed by atoms with Gasteiger partial charge in [-0.05, 0) is 24.0 Å². The maximum Gasteiger partial charge on any atom is 0.0849 e. The summed E-state index contributed by atoms with van der Waals surface area (Å²) in [5.74, 6) is 0.582. The first-order valence-electron chi connectivity index (χ1n) is 5.62. The molecular formula is C12H19N3. The standard InChI is InChI=1S/C12H19N3/c1-8(2)10-7-13-12(6-9(10)3)11-4-5-14-15-11/h6-8,12-14H,4-5H2,1-3H3. The first kappa shape index (κ1) is 10.3. The van der Waals surface area contributed by atoms with E-state index in [4.69, 9.17) is 0 Å². The Kier molecular flexibility index (Phi) is 2.80. The van der Waals surface area contributed by atoms with Gasteiger partial charge in [-0.2, -0.15) is 5.10 Å². The van der Waals surface area contributed by atoms with Gasteiger partial charge in [0.15, 0.2) is 0 Å². The lowest BCUT2D eigenvalue weighted by molar-refractivity contribution is 0.728. The first-order valence-corrected chi connectivity index (χ1v) is 5.62. The van der Waals surface area contributed by atoms with E-state index in [1.54, 1.807) is 0 Å². The number of hydrogen-bond donors (Lipinski definition) is 2. The van der Waals surface area contributed by atoms with E-state index in [-0.39, 0.29) is 0 Å². The number of allylic oxidation sites excluding steroid dienone is 2. The van der Waals surface area contributed by atoms with E-state index in [0.29, 0.717) is 12.0 Å².